The molecule has 2 aromatic carbocycles. The van der Waals surface area contributed by atoms with Gasteiger partial charge in [0, 0.05) is 30.3 Å². The van der Waals surface area contributed by atoms with Gasteiger partial charge in [0.05, 0.1) is 26.7 Å². The number of amides is 3. The first-order valence-corrected chi connectivity index (χ1v) is 9.81. The molecule has 0 saturated carbocycles. The Morgan fingerprint density at radius 3 is 2.23 bits per heavy atom. The van der Waals surface area contributed by atoms with Crippen LogP contribution in [-0.4, -0.2) is 45.1 Å². The Bertz CT molecular complexity index is 938. The van der Waals surface area contributed by atoms with Gasteiger partial charge in [-0.3, -0.25) is 25.2 Å². The summed E-state index contributed by atoms with van der Waals surface area (Å²) in [7, 11) is 2.96. The molecule has 9 heteroatoms. The molecule has 0 aliphatic carbocycles. The number of carbonyl (C=O) groups excluding carboxylic acids is 3. The Morgan fingerprint density at radius 2 is 1.65 bits per heavy atom. The number of nitrogens with zero attached hydrogens (tertiary/aromatic N) is 1. The van der Waals surface area contributed by atoms with Gasteiger partial charge in [-0.1, -0.05) is 0 Å². The third kappa shape index (κ3) is 5.25. The van der Waals surface area contributed by atoms with Crippen molar-refractivity contribution in [2.24, 2.45) is 5.92 Å². The first kappa shape index (κ1) is 21.9. The minimum atomic E-state index is -0.584. The van der Waals surface area contributed by atoms with Crippen molar-refractivity contribution in [2.45, 2.75) is 13.3 Å². The summed E-state index contributed by atoms with van der Waals surface area (Å²) in [6.07, 6.45) is 0.0574. The number of rotatable bonds is 7. The van der Waals surface area contributed by atoms with E-state index >= 15 is 0 Å². The number of ether oxygens (including phenoxy) is 3. The summed E-state index contributed by atoms with van der Waals surface area (Å²) in [5.74, 6) is -0.105. The zero-order chi connectivity index (χ0) is 22.4. The summed E-state index contributed by atoms with van der Waals surface area (Å²) >= 11 is 0. The Morgan fingerprint density at radius 1 is 1.00 bits per heavy atom. The maximum Gasteiger partial charge on any atom is 0.269 e. The number of nitrogens with one attached hydrogen (secondary N) is 2. The summed E-state index contributed by atoms with van der Waals surface area (Å²) in [6.45, 7) is 2.67. The van der Waals surface area contributed by atoms with Crippen LogP contribution in [0.25, 0.3) is 0 Å². The van der Waals surface area contributed by atoms with Crippen molar-refractivity contribution >= 4 is 23.4 Å². The van der Waals surface area contributed by atoms with E-state index in [2.05, 4.69) is 10.9 Å². The monoisotopic (exact) mass is 427 g/mol. The molecule has 2 aromatic rings. The predicted molar refractivity (Wildman–Crippen MR) is 113 cm³/mol. The van der Waals surface area contributed by atoms with Gasteiger partial charge in [0.25, 0.3) is 5.91 Å². The van der Waals surface area contributed by atoms with Gasteiger partial charge >= 0.3 is 0 Å². The maximum atomic E-state index is 12.5. The Kier molecular flexibility index (Phi) is 6.96. The highest BCUT2D eigenvalue weighted by Crippen LogP contribution is 2.27. The lowest BCUT2D eigenvalue weighted by molar-refractivity contribution is -0.126. The molecule has 1 fully saturated rings. The van der Waals surface area contributed by atoms with E-state index in [-0.39, 0.29) is 24.4 Å². The second kappa shape index (κ2) is 9.84. The first-order chi connectivity index (χ1) is 14.9. The highest BCUT2D eigenvalue weighted by molar-refractivity contribution is 6.01. The summed E-state index contributed by atoms with van der Waals surface area (Å²) in [5.41, 5.74) is 5.72. The number of anilines is 1. The number of hydrogen-bond acceptors (Lipinski definition) is 6. The molecule has 1 saturated heterocycles. The van der Waals surface area contributed by atoms with E-state index in [0.29, 0.717) is 29.5 Å². The normalized spacial score (nSPS) is 15.4. The van der Waals surface area contributed by atoms with Crippen LogP contribution in [0.2, 0.25) is 0 Å². The maximum absolute atomic E-state index is 12.5. The minimum absolute atomic E-state index is 0.0574. The molecule has 1 aliphatic heterocycles. The van der Waals surface area contributed by atoms with Gasteiger partial charge in [-0.15, -0.1) is 0 Å². The van der Waals surface area contributed by atoms with Crippen LogP contribution in [0.15, 0.2) is 42.5 Å². The van der Waals surface area contributed by atoms with E-state index < -0.39 is 17.7 Å². The average Bonchev–Trinajstić information content (AvgIpc) is 3.19. The Hall–Kier alpha value is -3.75. The quantitative estimate of drug-likeness (QED) is 0.654. The summed E-state index contributed by atoms with van der Waals surface area (Å²) in [6, 6.07) is 11.8. The Labute approximate surface area is 180 Å². The van der Waals surface area contributed by atoms with Crippen molar-refractivity contribution in [1.29, 1.82) is 0 Å². The average molecular weight is 427 g/mol. The molecule has 1 heterocycles. The number of hydrogen-bond donors (Lipinski definition) is 2. The SMILES string of the molecule is CCOc1ccc(N2C[C@H](C(=O)NNC(=O)c3cc(OC)cc(OC)c3)CC2=O)cc1. The summed E-state index contributed by atoms with van der Waals surface area (Å²) in [4.78, 5) is 38.9. The zero-order valence-electron chi connectivity index (χ0n) is 17.6. The molecule has 3 amide bonds. The lowest BCUT2D eigenvalue weighted by atomic mass is 10.1. The fourth-order valence-corrected chi connectivity index (χ4v) is 3.25. The van der Waals surface area contributed by atoms with Gasteiger partial charge in [-0.25, -0.2) is 0 Å². The van der Waals surface area contributed by atoms with Gasteiger partial charge in [0.2, 0.25) is 11.8 Å². The van der Waals surface area contributed by atoms with E-state index in [1.54, 1.807) is 35.2 Å². The van der Waals surface area contributed by atoms with Crippen molar-refractivity contribution in [3.63, 3.8) is 0 Å². The molecule has 1 aliphatic rings. The van der Waals surface area contributed by atoms with Crippen molar-refractivity contribution in [3.8, 4) is 17.2 Å². The Balaban J connectivity index is 1.59. The van der Waals surface area contributed by atoms with Gasteiger partial charge in [-0.05, 0) is 43.3 Å². The van der Waals surface area contributed by atoms with Crippen molar-refractivity contribution in [2.75, 3.05) is 32.3 Å². The highest BCUT2D eigenvalue weighted by atomic mass is 16.5. The molecule has 3 rings (SSSR count). The fraction of sp³-hybridized carbons (Fsp3) is 0.318. The van der Waals surface area contributed by atoms with Crippen molar-refractivity contribution in [3.05, 3.63) is 48.0 Å². The van der Waals surface area contributed by atoms with Crippen molar-refractivity contribution in [1.82, 2.24) is 10.9 Å². The number of carbonyl (C=O) groups is 3. The molecular formula is C22H25N3O6. The van der Waals surface area contributed by atoms with Crippen LogP contribution in [0.5, 0.6) is 17.2 Å². The fourth-order valence-electron chi connectivity index (χ4n) is 3.25. The lowest BCUT2D eigenvalue weighted by Gasteiger charge is -2.17. The molecule has 1 atom stereocenters. The first-order valence-electron chi connectivity index (χ1n) is 9.81. The number of benzene rings is 2. The third-order valence-electron chi connectivity index (χ3n) is 4.87. The van der Waals surface area contributed by atoms with Crippen LogP contribution in [0.3, 0.4) is 0 Å². The van der Waals surface area contributed by atoms with Crippen LogP contribution in [0, 0.1) is 5.92 Å². The van der Waals surface area contributed by atoms with E-state index in [4.69, 9.17) is 14.2 Å². The minimum Gasteiger partial charge on any atom is -0.497 e. The topological polar surface area (TPSA) is 106 Å². The molecule has 0 bridgehead atoms. The molecular weight excluding hydrogens is 402 g/mol. The van der Waals surface area contributed by atoms with Crippen LogP contribution in [0.4, 0.5) is 5.69 Å². The lowest BCUT2D eigenvalue weighted by Crippen LogP contribution is -2.45. The summed E-state index contributed by atoms with van der Waals surface area (Å²) < 4.78 is 15.7. The second-order valence-electron chi connectivity index (χ2n) is 6.88. The molecule has 31 heavy (non-hydrogen) atoms. The van der Waals surface area contributed by atoms with E-state index in [0.717, 1.165) is 0 Å². The summed E-state index contributed by atoms with van der Waals surface area (Å²) in [5, 5.41) is 0. The van der Waals surface area contributed by atoms with E-state index in [9.17, 15) is 14.4 Å². The largest absolute Gasteiger partial charge is 0.497 e. The molecule has 0 radical (unpaired) electrons. The number of hydrazine groups is 1. The van der Waals surface area contributed by atoms with Gasteiger partial charge < -0.3 is 19.1 Å². The van der Waals surface area contributed by atoms with E-state index in [1.807, 2.05) is 6.92 Å². The van der Waals surface area contributed by atoms with Crippen LogP contribution in [0.1, 0.15) is 23.7 Å². The number of methoxy groups -OCH3 is 2. The molecule has 0 spiro atoms. The second-order valence-corrected chi connectivity index (χ2v) is 6.88. The smallest absolute Gasteiger partial charge is 0.269 e. The molecule has 164 valence electrons. The van der Waals surface area contributed by atoms with Crippen LogP contribution >= 0.6 is 0 Å². The van der Waals surface area contributed by atoms with Crippen LogP contribution < -0.4 is 30.0 Å². The predicted octanol–water partition coefficient (Wildman–Crippen LogP) is 1.92. The zero-order valence-corrected chi connectivity index (χ0v) is 17.6. The standard InChI is InChI=1S/C22H25N3O6/c1-4-31-17-7-5-16(6-8-17)25-13-15(11-20(25)26)22(28)24-23-21(27)14-9-18(29-2)12-19(10-14)30-3/h5-10,12,15H,4,11,13H2,1-3H3,(H,23,27)(H,24,28)/t15-/m1/s1. The molecule has 2 N–H and O–H groups in total. The van der Waals surface area contributed by atoms with Crippen LogP contribution in [-0.2, 0) is 9.59 Å². The van der Waals surface area contributed by atoms with Crippen molar-refractivity contribution < 1.29 is 28.6 Å². The molecule has 9 nitrogen and oxygen atoms in total. The highest BCUT2D eigenvalue weighted by Gasteiger charge is 2.35. The van der Waals surface area contributed by atoms with Gasteiger partial charge in [0.1, 0.15) is 17.2 Å². The van der Waals surface area contributed by atoms with Gasteiger partial charge in [0.15, 0.2) is 0 Å². The van der Waals surface area contributed by atoms with Gasteiger partial charge in [-0.2, -0.15) is 0 Å². The molecule has 0 unspecified atom stereocenters. The molecule has 0 aromatic heterocycles. The van der Waals surface area contributed by atoms with E-state index in [1.165, 1.54) is 26.4 Å². The third-order valence-corrected chi connectivity index (χ3v) is 4.87.